The Morgan fingerprint density at radius 2 is 2.04 bits per heavy atom. The van der Waals surface area contributed by atoms with Crippen LogP contribution in [0, 0.1) is 6.92 Å². The number of carbonyl (C=O) groups is 1. The van der Waals surface area contributed by atoms with E-state index in [9.17, 15) is 4.79 Å². The molecular formula is C18H16N2O4S. The van der Waals surface area contributed by atoms with Gasteiger partial charge in [-0.3, -0.25) is 4.79 Å². The number of ether oxygens (including phenoxy) is 3. The van der Waals surface area contributed by atoms with Crippen LogP contribution in [0.1, 0.15) is 5.56 Å². The number of carbonyl (C=O) groups excluding carboxylic acids is 1. The number of para-hydroxylation sites is 1. The smallest absolute Gasteiger partial charge is 0.286 e. The maximum atomic E-state index is 12.2. The van der Waals surface area contributed by atoms with Crippen LogP contribution in [0.5, 0.6) is 17.2 Å². The summed E-state index contributed by atoms with van der Waals surface area (Å²) >= 11 is 1.43. The fraction of sp³-hybridized carbons (Fsp3) is 0.222. The molecule has 0 unspecified atom stereocenters. The van der Waals surface area contributed by atoms with E-state index in [1.807, 2.05) is 54.9 Å². The highest BCUT2D eigenvalue weighted by atomic mass is 32.1. The lowest BCUT2D eigenvalue weighted by Crippen LogP contribution is -2.17. The van der Waals surface area contributed by atoms with Crippen LogP contribution in [-0.2, 0) is 11.8 Å². The summed E-state index contributed by atoms with van der Waals surface area (Å²) < 4.78 is 19.2. The molecule has 6 nitrogen and oxygen atoms in total. The third-order valence-electron chi connectivity index (χ3n) is 3.97. The molecule has 0 atom stereocenters. The van der Waals surface area contributed by atoms with Crippen LogP contribution in [0.4, 0.5) is 0 Å². The van der Waals surface area contributed by atoms with Gasteiger partial charge in [0.1, 0.15) is 5.75 Å². The standard InChI is InChI=1S/C18H16N2O4S/c1-11-5-3-4-6-13(11)22-9-17(21)19-18-20(2)12-7-14-15(24-10-23-14)8-16(12)25-18/h3-8H,9-10H2,1-2H3. The van der Waals surface area contributed by atoms with Gasteiger partial charge in [-0.05, 0) is 18.6 Å². The minimum atomic E-state index is -0.328. The van der Waals surface area contributed by atoms with Crippen molar-refractivity contribution >= 4 is 27.5 Å². The van der Waals surface area contributed by atoms with E-state index in [0.717, 1.165) is 21.5 Å². The number of hydrogen-bond donors (Lipinski definition) is 0. The van der Waals surface area contributed by atoms with Crippen LogP contribution in [0.15, 0.2) is 41.4 Å². The van der Waals surface area contributed by atoms with E-state index in [4.69, 9.17) is 14.2 Å². The van der Waals surface area contributed by atoms with E-state index < -0.39 is 0 Å². The van der Waals surface area contributed by atoms with E-state index in [1.165, 1.54) is 11.3 Å². The molecule has 3 aromatic rings. The van der Waals surface area contributed by atoms with Gasteiger partial charge in [0.25, 0.3) is 5.91 Å². The molecule has 0 saturated carbocycles. The number of aryl methyl sites for hydroxylation is 2. The van der Waals surface area contributed by atoms with Crippen molar-refractivity contribution in [3.8, 4) is 17.2 Å². The van der Waals surface area contributed by atoms with E-state index in [-0.39, 0.29) is 19.3 Å². The Hall–Kier alpha value is -2.80. The summed E-state index contributed by atoms with van der Waals surface area (Å²) in [6.45, 7) is 2.08. The van der Waals surface area contributed by atoms with Crippen LogP contribution in [0.25, 0.3) is 10.2 Å². The second-order valence-electron chi connectivity index (χ2n) is 5.68. The molecule has 0 saturated heterocycles. The van der Waals surface area contributed by atoms with Crippen LogP contribution >= 0.6 is 11.3 Å². The van der Waals surface area contributed by atoms with Gasteiger partial charge in [0, 0.05) is 19.2 Å². The highest BCUT2D eigenvalue weighted by Gasteiger charge is 2.16. The molecule has 7 heteroatoms. The van der Waals surface area contributed by atoms with Gasteiger partial charge >= 0.3 is 0 Å². The normalized spacial score (nSPS) is 13.4. The Morgan fingerprint density at radius 1 is 1.28 bits per heavy atom. The number of nitrogens with zero attached hydrogens (tertiary/aromatic N) is 2. The molecule has 128 valence electrons. The van der Waals surface area contributed by atoms with E-state index in [2.05, 4.69) is 4.99 Å². The van der Waals surface area contributed by atoms with Crippen LogP contribution < -0.4 is 19.0 Å². The van der Waals surface area contributed by atoms with Gasteiger partial charge in [-0.15, -0.1) is 0 Å². The van der Waals surface area contributed by atoms with Gasteiger partial charge in [0.2, 0.25) is 6.79 Å². The van der Waals surface area contributed by atoms with E-state index in [1.54, 1.807) is 0 Å². The fourth-order valence-electron chi connectivity index (χ4n) is 2.62. The molecule has 0 N–H and O–H groups in total. The maximum Gasteiger partial charge on any atom is 0.286 e. The number of amides is 1. The number of aromatic nitrogens is 1. The monoisotopic (exact) mass is 356 g/mol. The van der Waals surface area contributed by atoms with Crippen molar-refractivity contribution in [3.05, 3.63) is 46.8 Å². The SMILES string of the molecule is Cc1ccccc1OCC(=O)N=c1sc2cc3c(cc2n1C)OCO3. The molecular weight excluding hydrogens is 340 g/mol. The molecule has 1 aromatic heterocycles. The number of rotatable bonds is 3. The van der Waals surface area contributed by atoms with Crippen molar-refractivity contribution < 1.29 is 19.0 Å². The lowest BCUT2D eigenvalue weighted by atomic mass is 10.2. The molecule has 1 amide bonds. The Morgan fingerprint density at radius 3 is 2.84 bits per heavy atom. The Labute approximate surface area is 147 Å². The van der Waals surface area contributed by atoms with Crippen molar-refractivity contribution in [2.45, 2.75) is 6.92 Å². The molecule has 2 heterocycles. The minimum absolute atomic E-state index is 0.0954. The zero-order valence-electron chi connectivity index (χ0n) is 13.8. The van der Waals surface area contributed by atoms with Gasteiger partial charge in [-0.2, -0.15) is 4.99 Å². The summed E-state index contributed by atoms with van der Waals surface area (Å²) in [7, 11) is 1.87. The topological polar surface area (TPSA) is 62.0 Å². The summed E-state index contributed by atoms with van der Waals surface area (Å²) in [6.07, 6.45) is 0. The Balaban J connectivity index is 1.59. The molecule has 0 fully saturated rings. The molecule has 4 rings (SSSR count). The molecule has 1 aliphatic rings. The van der Waals surface area contributed by atoms with Gasteiger partial charge in [-0.25, -0.2) is 0 Å². The predicted molar refractivity (Wildman–Crippen MR) is 94.2 cm³/mol. The molecule has 0 aliphatic carbocycles. The first-order valence-corrected chi connectivity index (χ1v) is 8.58. The van der Waals surface area contributed by atoms with Crippen molar-refractivity contribution in [2.24, 2.45) is 12.0 Å². The first-order chi connectivity index (χ1) is 12.1. The summed E-state index contributed by atoms with van der Waals surface area (Å²) in [4.78, 5) is 17.0. The summed E-state index contributed by atoms with van der Waals surface area (Å²) in [5.74, 6) is 1.79. The number of thiazole rings is 1. The van der Waals surface area contributed by atoms with Crippen molar-refractivity contribution in [1.29, 1.82) is 0 Å². The third-order valence-corrected chi connectivity index (χ3v) is 5.06. The van der Waals surface area contributed by atoms with Crippen LogP contribution in [-0.4, -0.2) is 23.9 Å². The predicted octanol–water partition coefficient (Wildman–Crippen LogP) is 2.78. The second kappa shape index (κ2) is 6.25. The minimum Gasteiger partial charge on any atom is -0.483 e. The van der Waals surface area contributed by atoms with Crippen LogP contribution in [0.3, 0.4) is 0 Å². The first-order valence-electron chi connectivity index (χ1n) is 7.77. The quantitative estimate of drug-likeness (QED) is 0.724. The fourth-order valence-corrected chi connectivity index (χ4v) is 3.67. The lowest BCUT2D eigenvalue weighted by molar-refractivity contribution is -0.120. The summed E-state index contributed by atoms with van der Waals surface area (Å²) in [5, 5.41) is 0. The van der Waals surface area contributed by atoms with Gasteiger partial charge in [0.05, 0.1) is 10.2 Å². The number of hydrogen-bond acceptors (Lipinski definition) is 5. The zero-order chi connectivity index (χ0) is 17.4. The first kappa shape index (κ1) is 15.7. The summed E-state index contributed by atoms with van der Waals surface area (Å²) in [6, 6.07) is 11.4. The zero-order valence-corrected chi connectivity index (χ0v) is 14.6. The van der Waals surface area contributed by atoms with Crippen molar-refractivity contribution in [1.82, 2.24) is 4.57 Å². The van der Waals surface area contributed by atoms with Gasteiger partial charge in [-0.1, -0.05) is 29.5 Å². The highest BCUT2D eigenvalue weighted by molar-refractivity contribution is 7.16. The summed E-state index contributed by atoms with van der Waals surface area (Å²) in [5.41, 5.74) is 1.93. The van der Waals surface area contributed by atoms with Crippen molar-refractivity contribution in [2.75, 3.05) is 13.4 Å². The third kappa shape index (κ3) is 2.98. The van der Waals surface area contributed by atoms with Crippen molar-refractivity contribution in [3.63, 3.8) is 0 Å². The molecule has 0 bridgehead atoms. The highest BCUT2D eigenvalue weighted by Crippen LogP contribution is 2.36. The largest absolute Gasteiger partial charge is 0.483 e. The maximum absolute atomic E-state index is 12.2. The van der Waals surface area contributed by atoms with Crippen LogP contribution in [0.2, 0.25) is 0 Å². The molecule has 2 aromatic carbocycles. The molecule has 1 aliphatic heterocycles. The number of benzene rings is 2. The second-order valence-corrected chi connectivity index (χ2v) is 6.69. The Bertz CT molecular complexity index is 1040. The molecule has 25 heavy (non-hydrogen) atoms. The number of fused-ring (bicyclic) bond motifs is 2. The average Bonchev–Trinajstić information content (AvgIpc) is 3.17. The Kier molecular flexibility index (Phi) is 3.93. The van der Waals surface area contributed by atoms with Gasteiger partial charge in [0.15, 0.2) is 22.9 Å². The molecule has 0 spiro atoms. The average molecular weight is 356 g/mol. The molecule has 0 radical (unpaired) electrons. The van der Waals surface area contributed by atoms with E-state index in [0.29, 0.717) is 16.3 Å². The van der Waals surface area contributed by atoms with E-state index >= 15 is 0 Å². The van der Waals surface area contributed by atoms with Gasteiger partial charge < -0.3 is 18.8 Å². The lowest BCUT2D eigenvalue weighted by Gasteiger charge is -2.05.